The Morgan fingerprint density at radius 2 is 1.75 bits per heavy atom. The quantitative estimate of drug-likeness (QED) is 0.837. The number of carbonyl (C=O) groups is 2. The Morgan fingerprint density at radius 3 is 2.38 bits per heavy atom. The lowest BCUT2D eigenvalue weighted by Crippen LogP contribution is -2.48. The number of fused-ring (bicyclic) bond motifs is 1. The molecule has 2 aromatic carbocycles. The van der Waals surface area contributed by atoms with Crippen LogP contribution in [0.1, 0.15) is 15.9 Å². The molecule has 0 bridgehead atoms. The second-order valence-electron chi connectivity index (χ2n) is 5.55. The molecule has 6 heteroatoms. The molecule has 0 radical (unpaired) electrons. The molecule has 2 aromatic rings. The molecule has 1 amide bonds. The van der Waals surface area contributed by atoms with Crippen molar-refractivity contribution >= 4 is 17.4 Å². The van der Waals surface area contributed by atoms with Gasteiger partial charge in [0.05, 0.1) is 14.2 Å². The van der Waals surface area contributed by atoms with Crippen LogP contribution in [-0.4, -0.2) is 36.6 Å². The van der Waals surface area contributed by atoms with Gasteiger partial charge < -0.3 is 19.9 Å². The molecule has 0 heterocycles. The van der Waals surface area contributed by atoms with Gasteiger partial charge in [-0.05, 0) is 29.8 Å². The SMILES string of the molecule is COc1cc2c(cc1OC)C(=O)C(O)(C(=O)Nc1ccccc1)C2. The van der Waals surface area contributed by atoms with E-state index in [0.29, 0.717) is 22.7 Å². The number of hydrogen-bond acceptors (Lipinski definition) is 5. The number of para-hydroxylation sites is 1. The minimum absolute atomic E-state index is 0.111. The molecule has 1 aliphatic carbocycles. The number of carbonyl (C=O) groups excluding carboxylic acids is 2. The van der Waals surface area contributed by atoms with Crippen LogP contribution >= 0.6 is 0 Å². The second-order valence-corrected chi connectivity index (χ2v) is 5.55. The summed E-state index contributed by atoms with van der Waals surface area (Å²) in [6.07, 6.45) is -0.111. The van der Waals surface area contributed by atoms with Gasteiger partial charge in [-0.1, -0.05) is 18.2 Å². The maximum atomic E-state index is 12.6. The second kappa shape index (κ2) is 5.98. The van der Waals surface area contributed by atoms with Crippen molar-refractivity contribution in [3.05, 3.63) is 53.6 Å². The van der Waals surface area contributed by atoms with Crippen LogP contribution in [-0.2, 0) is 11.2 Å². The summed E-state index contributed by atoms with van der Waals surface area (Å²) in [5.41, 5.74) is -0.827. The maximum absolute atomic E-state index is 12.6. The number of benzene rings is 2. The van der Waals surface area contributed by atoms with Gasteiger partial charge in [-0.2, -0.15) is 0 Å². The van der Waals surface area contributed by atoms with Gasteiger partial charge in [0.25, 0.3) is 5.91 Å². The van der Waals surface area contributed by atoms with E-state index in [1.165, 1.54) is 20.3 Å². The Bertz CT molecular complexity index is 803. The number of methoxy groups -OCH3 is 2. The minimum atomic E-state index is -2.14. The summed E-state index contributed by atoms with van der Waals surface area (Å²) in [7, 11) is 2.94. The van der Waals surface area contributed by atoms with Crippen molar-refractivity contribution in [3.8, 4) is 11.5 Å². The first-order valence-electron chi connectivity index (χ1n) is 7.38. The molecular formula is C18H17NO5. The van der Waals surface area contributed by atoms with E-state index in [9.17, 15) is 14.7 Å². The van der Waals surface area contributed by atoms with Crippen molar-refractivity contribution in [2.75, 3.05) is 19.5 Å². The Kier molecular flexibility index (Phi) is 3.99. The molecule has 3 rings (SSSR count). The Morgan fingerprint density at radius 1 is 1.12 bits per heavy atom. The van der Waals surface area contributed by atoms with Gasteiger partial charge in [-0.3, -0.25) is 9.59 Å². The highest BCUT2D eigenvalue weighted by Gasteiger charge is 2.50. The highest BCUT2D eigenvalue weighted by Crippen LogP contribution is 2.38. The molecule has 0 aromatic heterocycles. The average molecular weight is 327 g/mol. The molecule has 0 spiro atoms. The number of anilines is 1. The fraction of sp³-hybridized carbons (Fsp3) is 0.222. The van der Waals surface area contributed by atoms with E-state index >= 15 is 0 Å². The molecule has 1 atom stereocenters. The predicted octanol–water partition coefficient (Wildman–Crippen LogP) is 1.81. The zero-order chi connectivity index (χ0) is 17.3. The fourth-order valence-corrected chi connectivity index (χ4v) is 2.80. The van der Waals surface area contributed by atoms with Gasteiger partial charge >= 0.3 is 0 Å². The normalized spacial score (nSPS) is 18.9. The highest BCUT2D eigenvalue weighted by molar-refractivity contribution is 6.23. The summed E-state index contributed by atoms with van der Waals surface area (Å²) >= 11 is 0. The molecule has 0 saturated heterocycles. The Labute approximate surface area is 139 Å². The highest BCUT2D eigenvalue weighted by atomic mass is 16.5. The number of nitrogens with one attached hydrogen (secondary N) is 1. The molecule has 1 aliphatic rings. The number of ketones is 1. The summed E-state index contributed by atoms with van der Waals surface area (Å²) in [6, 6.07) is 11.8. The third-order valence-corrected chi connectivity index (χ3v) is 4.08. The van der Waals surface area contributed by atoms with E-state index in [0.717, 1.165) is 0 Å². The molecule has 1 unspecified atom stereocenters. The molecule has 2 N–H and O–H groups in total. The summed E-state index contributed by atoms with van der Waals surface area (Å²) in [5, 5.41) is 13.3. The first-order chi connectivity index (χ1) is 11.5. The van der Waals surface area contributed by atoms with Gasteiger partial charge in [0.2, 0.25) is 11.4 Å². The van der Waals surface area contributed by atoms with Crippen molar-refractivity contribution in [1.29, 1.82) is 0 Å². The van der Waals surface area contributed by atoms with E-state index in [1.807, 2.05) is 0 Å². The van der Waals surface area contributed by atoms with Crippen LogP contribution in [0.2, 0.25) is 0 Å². The summed E-state index contributed by atoms with van der Waals surface area (Å²) in [4.78, 5) is 25.1. The van der Waals surface area contributed by atoms with Crippen LogP contribution in [0.4, 0.5) is 5.69 Å². The first kappa shape index (κ1) is 16.0. The van der Waals surface area contributed by atoms with Crippen molar-refractivity contribution in [2.24, 2.45) is 0 Å². The molecule has 24 heavy (non-hydrogen) atoms. The minimum Gasteiger partial charge on any atom is -0.493 e. The molecule has 6 nitrogen and oxygen atoms in total. The summed E-state index contributed by atoms with van der Waals surface area (Å²) in [6.45, 7) is 0. The smallest absolute Gasteiger partial charge is 0.264 e. The van der Waals surface area contributed by atoms with Gasteiger partial charge in [0, 0.05) is 17.7 Å². The third-order valence-electron chi connectivity index (χ3n) is 4.08. The van der Waals surface area contributed by atoms with Gasteiger partial charge in [-0.15, -0.1) is 0 Å². The van der Waals surface area contributed by atoms with E-state index in [-0.39, 0.29) is 12.0 Å². The zero-order valence-corrected chi connectivity index (χ0v) is 13.3. The van der Waals surface area contributed by atoms with Crippen molar-refractivity contribution < 1.29 is 24.2 Å². The number of hydrogen-bond donors (Lipinski definition) is 2. The van der Waals surface area contributed by atoms with Crippen LogP contribution in [0, 0.1) is 0 Å². The topological polar surface area (TPSA) is 84.9 Å². The average Bonchev–Trinajstić information content (AvgIpc) is 2.86. The zero-order valence-electron chi connectivity index (χ0n) is 13.3. The predicted molar refractivity (Wildman–Crippen MR) is 87.6 cm³/mol. The lowest BCUT2D eigenvalue weighted by Gasteiger charge is -2.19. The van der Waals surface area contributed by atoms with Gasteiger partial charge in [-0.25, -0.2) is 0 Å². The van der Waals surface area contributed by atoms with E-state index in [2.05, 4.69) is 5.32 Å². The lowest BCUT2D eigenvalue weighted by atomic mass is 9.98. The van der Waals surface area contributed by atoms with Crippen LogP contribution in [0.3, 0.4) is 0 Å². The molecular weight excluding hydrogens is 310 g/mol. The Balaban J connectivity index is 1.92. The largest absolute Gasteiger partial charge is 0.493 e. The molecule has 0 fully saturated rings. The molecule has 0 aliphatic heterocycles. The number of ether oxygens (including phenoxy) is 2. The molecule has 0 saturated carbocycles. The first-order valence-corrected chi connectivity index (χ1v) is 7.38. The third kappa shape index (κ3) is 2.51. The number of aliphatic hydroxyl groups is 1. The summed E-state index contributed by atoms with van der Waals surface area (Å²) < 4.78 is 10.4. The van der Waals surface area contributed by atoms with E-state index < -0.39 is 17.3 Å². The van der Waals surface area contributed by atoms with Gasteiger partial charge in [0.1, 0.15) is 0 Å². The standard InChI is InChI=1S/C18H17NO5/c1-23-14-8-11-10-18(22,16(20)13(11)9-15(14)24-2)17(21)19-12-6-4-3-5-7-12/h3-9,22H,10H2,1-2H3,(H,19,21). The number of rotatable bonds is 4. The van der Waals surface area contributed by atoms with Crippen molar-refractivity contribution in [2.45, 2.75) is 12.0 Å². The molecule has 124 valence electrons. The van der Waals surface area contributed by atoms with Crippen LogP contribution in [0.15, 0.2) is 42.5 Å². The van der Waals surface area contributed by atoms with Crippen molar-refractivity contribution in [1.82, 2.24) is 0 Å². The lowest BCUT2D eigenvalue weighted by molar-refractivity contribution is -0.129. The van der Waals surface area contributed by atoms with Crippen LogP contribution in [0.25, 0.3) is 0 Å². The van der Waals surface area contributed by atoms with E-state index in [1.54, 1.807) is 36.4 Å². The van der Waals surface area contributed by atoms with E-state index in [4.69, 9.17) is 9.47 Å². The monoisotopic (exact) mass is 327 g/mol. The van der Waals surface area contributed by atoms with Crippen LogP contribution in [0.5, 0.6) is 11.5 Å². The van der Waals surface area contributed by atoms with Gasteiger partial charge in [0.15, 0.2) is 11.5 Å². The number of amides is 1. The maximum Gasteiger partial charge on any atom is 0.264 e. The Hall–Kier alpha value is -2.86. The van der Waals surface area contributed by atoms with Crippen molar-refractivity contribution in [3.63, 3.8) is 0 Å². The summed E-state index contributed by atoms with van der Waals surface area (Å²) in [5.74, 6) is -0.589. The number of Topliss-reactive ketones (excluding diaryl/α,β-unsaturated/α-hetero) is 1. The van der Waals surface area contributed by atoms with Crippen LogP contribution < -0.4 is 14.8 Å². The fourth-order valence-electron chi connectivity index (χ4n) is 2.80.